The van der Waals surface area contributed by atoms with Crippen molar-refractivity contribution in [2.75, 3.05) is 0 Å². The molecule has 0 bridgehead atoms. The zero-order chi connectivity index (χ0) is 13.4. The van der Waals surface area contributed by atoms with Crippen LogP contribution >= 0.6 is 0 Å². The zero-order valence-electron chi connectivity index (χ0n) is 11.4. The Balaban J connectivity index is 2.07. The summed E-state index contributed by atoms with van der Waals surface area (Å²) in [6.45, 7) is 4.98. The van der Waals surface area contributed by atoms with Crippen LogP contribution in [0.5, 0.6) is 0 Å². The minimum Gasteiger partial charge on any atom is -0.310 e. The molecule has 100 valence electrons. The first-order chi connectivity index (χ1) is 9.15. The number of nitrogens with one attached hydrogen (secondary N) is 1. The van der Waals surface area contributed by atoms with Crippen LogP contribution in [0.3, 0.4) is 0 Å². The quantitative estimate of drug-likeness (QED) is 0.903. The molecular formula is C16H19FN2. The molecule has 1 saturated carbocycles. The molecule has 19 heavy (non-hydrogen) atoms. The number of pyridine rings is 1. The highest BCUT2D eigenvalue weighted by Crippen LogP contribution is 2.26. The number of rotatable bonds is 4. The summed E-state index contributed by atoms with van der Waals surface area (Å²) in [6, 6.07) is 7.97. The average molecular weight is 258 g/mol. The molecule has 1 aliphatic carbocycles. The molecule has 1 aromatic heterocycles. The first kappa shape index (κ1) is 12.5. The van der Waals surface area contributed by atoms with Gasteiger partial charge >= 0.3 is 0 Å². The summed E-state index contributed by atoms with van der Waals surface area (Å²) in [4.78, 5) is 4.47. The summed E-state index contributed by atoms with van der Waals surface area (Å²) in [5.41, 5.74) is 2.62. The topological polar surface area (TPSA) is 24.9 Å². The Kier molecular flexibility index (Phi) is 3.23. The van der Waals surface area contributed by atoms with Crippen LogP contribution in [-0.4, -0.2) is 11.0 Å². The maximum Gasteiger partial charge on any atom is 0.149 e. The van der Waals surface area contributed by atoms with E-state index in [-0.39, 0.29) is 5.82 Å². The normalized spacial score (nSPS) is 15.4. The van der Waals surface area contributed by atoms with Gasteiger partial charge in [0.05, 0.1) is 0 Å². The number of nitrogens with zero attached hydrogens (tertiary/aromatic N) is 1. The van der Waals surface area contributed by atoms with Gasteiger partial charge in [0.25, 0.3) is 0 Å². The lowest BCUT2D eigenvalue weighted by atomic mass is 10.0. The van der Waals surface area contributed by atoms with E-state index in [9.17, 15) is 4.39 Å². The fourth-order valence-electron chi connectivity index (χ4n) is 2.29. The van der Waals surface area contributed by atoms with E-state index < -0.39 is 0 Å². The van der Waals surface area contributed by atoms with Crippen molar-refractivity contribution in [2.24, 2.45) is 0 Å². The van der Waals surface area contributed by atoms with E-state index >= 15 is 0 Å². The molecule has 2 nitrogen and oxygen atoms in total. The van der Waals surface area contributed by atoms with Crippen LogP contribution < -0.4 is 5.32 Å². The molecule has 0 aliphatic heterocycles. The first-order valence-electron chi connectivity index (χ1n) is 6.96. The SMILES string of the molecule is CC(C)c1cc(CNC2CC2)c2cccc(F)c2n1. The van der Waals surface area contributed by atoms with Crippen molar-refractivity contribution in [1.29, 1.82) is 0 Å². The van der Waals surface area contributed by atoms with Gasteiger partial charge in [0, 0.05) is 23.7 Å². The molecule has 1 fully saturated rings. The van der Waals surface area contributed by atoms with Gasteiger partial charge in [-0.25, -0.2) is 9.37 Å². The van der Waals surface area contributed by atoms with Crippen LogP contribution in [0, 0.1) is 5.82 Å². The second-order valence-electron chi connectivity index (χ2n) is 5.65. The van der Waals surface area contributed by atoms with Crippen molar-refractivity contribution in [2.45, 2.75) is 45.2 Å². The Labute approximate surface area is 113 Å². The van der Waals surface area contributed by atoms with Crippen LogP contribution in [0.25, 0.3) is 10.9 Å². The number of aromatic nitrogens is 1. The van der Waals surface area contributed by atoms with Crippen LogP contribution in [0.4, 0.5) is 4.39 Å². The Bertz CT molecular complexity index is 603. The van der Waals surface area contributed by atoms with Gasteiger partial charge in [-0.3, -0.25) is 0 Å². The maximum absolute atomic E-state index is 13.9. The van der Waals surface area contributed by atoms with Gasteiger partial charge in [-0.1, -0.05) is 26.0 Å². The highest BCUT2D eigenvalue weighted by Gasteiger charge is 2.21. The second kappa shape index (κ2) is 4.89. The van der Waals surface area contributed by atoms with Gasteiger partial charge in [-0.15, -0.1) is 0 Å². The number of para-hydroxylation sites is 1. The van der Waals surface area contributed by atoms with Crippen molar-refractivity contribution in [3.8, 4) is 0 Å². The van der Waals surface area contributed by atoms with Crippen molar-refractivity contribution >= 4 is 10.9 Å². The molecule has 0 amide bonds. The van der Waals surface area contributed by atoms with E-state index in [0.717, 1.165) is 23.2 Å². The van der Waals surface area contributed by atoms with Gasteiger partial charge in [0.2, 0.25) is 0 Å². The van der Waals surface area contributed by atoms with Gasteiger partial charge in [0.1, 0.15) is 11.3 Å². The Morgan fingerprint density at radius 1 is 1.37 bits per heavy atom. The van der Waals surface area contributed by atoms with Crippen molar-refractivity contribution in [3.63, 3.8) is 0 Å². The minimum atomic E-state index is -0.229. The highest BCUT2D eigenvalue weighted by atomic mass is 19.1. The van der Waals surface area contributed by atoms with Crippen LogP contribution in [0.15, 0.2) is 24.3 Å². The Morgan fingerprint density at radius 3 is 2.84 bits per heavy atom. The lowest BCUT2D eigenvalue weighted by Gasteiger charge is -2.12. The average Bonchev–Trinajstić information content (AvgIpc) is 3.20. The minimum absolute atomic E-state index is 0.229. The van der Waals surface area contributed by atoms with E-state index in [0.29, 0.717) is 17.5 Å². The molecule has 3 rings (SSSR count). The molecule has 2 aromatic rings. The molecular weight excluding hydrogens is 239 g/mol. The largest absolute Gasteiger partial charge is 0.310 e. The van der Waals surface area contributed by atoms with E-state index in [2.05, 4.69) is 30.2 Å². The van der Waals surface area contributed by atoms with E-state index in [1.165, 1.54) is 18.9 Å². The predicted molar refractivity (Wildman–Crippen MR) is 75.7 cm³/mol. The summed E-state index contributed by atoms with van der Waals surface area (Å²) >= 11 is 0. The van der Waals surface area contributed by atoms with Crippen LogP contribution in [0.2, 0.25) is 0 Å². The fourth-order valence-corrected chi connectivity index (χ4v) is 2.29. The first-order valence-corrected chi connectivity index (χ1v) is 6.96. The number of hydrogen-bond donors (Lipinski definition) is 1. The fraction of sp³-hybridized carbons (Fsp3) is 0.438. The van der Waals surface area contributed by atoms with E-state index in [1.807, 2.05) is 6.07 Å². The molecule has 1 aromatic carbocycles. The molecule has 0 saturated heterocycles. The summed E-state index contributed by atoms with van der Waals surface area (Å²) in [5.74, 6) is 0.0800. The molecule has 0 radical (unpaired) electrons. The molecule has 3 heteroatoms. The molecule has 0 spiro atoms. The van der Waals surface area contributed by atoms with Crippen LogP contribution in [0.1, 0.15) is 43.9 Å². The smallest absolute Gasteiger partial charge is 0.149 e. The number of halogens is 1. The van der Waals surface area contributed by atoms with Crippen molar-refractivity contribution in [1.82, 2.24) is 10.3 Å². The number of hydrogen-bond acceptors (Lipinski definition) is 2. The summed E-state index contributed by atoms with van der Waals surface area (Å²) in [7, 11) is 0. The Morgan fingerprint density at radius 2 is 2.16 bits per heavy atom. The molecule has 1 N–H and O–H groups in total. The molecule has 1 heterocycles. The third-order valence-electron chi connectivity index (χ3n) is 3.65. The molecule has 1 aliphatic rings. The number of benzene rings is 1. The van der Waals surface area contributed by atoms with Crippen LogP contribution in [-0.2, 0) is 6.54 Å². The van der Waals surface area contributed by atoms with Crippen molar-refractivity contribution < 1.29 is 4.39 Å². The summed E-state index contributed by atoms with van der Waals surface area (Å²) < 4.78 is 13.9. The standard InChI is InChI=1S/C16H19FN2/c1-10(2)15-8-11(9-18-12-6-7-12)13-4-3-5-14(17)16(13)19-15/h3-5,8,10,12,18H,6-7,9H2,1-2H3. The van der Waals surface area contributed by atoms with Crippen molar-refractivity contribution in [3.05, 3.63) is 41.3 Å². The van der Waals surface area contributed by atoms with E-state index in [4.69, 9.17) is 0 Å². The van der Waals surface area contributed by atoms with Gasteiger partial charge in [-0.2, -0.15) is 0 Å². The monoisotopic (exact) mass is 258 g/mol. The lowest BCUT2D eigenvalue weighted by molar-refractivity contribution is 0.634. The maximum atomic E-state index is 13.9. The molecule has 0 unspecified atom stereocenters. The summed E-state index contributed by atoms with van der Waals surface area (Å²) in [5, 5.41) is 4.43. The third kappa shape index (κ3) is 2.61. The second-order valence-corrected chi connectivity index (χ2v) is 5.65. The Hall–Kier alpha value is -1.48. The van der Waals surface area contributed by atoms with E-state index in [1.54, 1.807) is 6.07 Å². The number of fused-ring (bicyclic) bond motifs is 1. The predicted octanol–water partition coefficient (Wildman–Crippen LogP) is 3.75. The third-order valence-corrected chi connectivity index (χ3v) is 3.65. The van der Waals surface area contributed by atoms with Gasteiger partial charge in [-0.05, 0) is 36.5 Å². The zero-order valence-corrected chi connectivity index (χ0v) is 11.4. The van der Waals surface area contributed by atoms with Gasteiger partial charge < -0.3 is 5.32 Å². The lowest BCUT2D eigenvalue weighted by Crippen LogP contribution is -2.16. The highest BCUT2D eigenvalue weighted by molar-refractivity contribution is 5.83. The summed E-state index contributed by atoms with van der Waals surface area (Å²) in [6.07, 6.45) is 2.52. The van der Waals surface area contributed by atoms with Gasteiger partial charge in [0.15, 0.2) is 0 Å². The molecule has 0 atom stereocenters.